The highest BCUT2D eigenvalue weighted by Crippen LogP contribution is 2.06. The van der Waals surface area contributed by atoms with Crippen molar-refractivity contribution in [2.24, 2.45) is 0 Å². The largest absolute Gasteiger partial charge is 0.475 e. The van der Waals surface area contributed by atoms with Gasteiger partial charge in [-0.3, -0.25) is 4.79 Å². The van der Waals surface area contributed by atoms with E-state index in [2.05, 4.69) is 0 Å². The van der Waals surface area contributed by atoms with Gasteiger partial charge in [0.25, 0.3) is 5.78 Å². The molecule has 0 aliphatic heterocycles. The van der Waals surface area contributed by atoms with Crippen LogP contribution in [0.4, 0.5) is 0 Å². The monoisotopic (exact) mass is 222 g/mol. The van der Waals surface area contributed by atoms with E-state index in [0.29, 0.717) is 6.42 Å². The van der Waals surface area contributed by atoms with Crippen LogP contribution in [0.15, 0.2) is 30.3 Å². The second-order valence-electron chi connectivity index (χ2n) is 3.36. The first-order valence-corrected chi connectivity index (χ1v) is 5.07. The van der Waals surface area contributed by atoms with Crippen molar-refractivity contribution in [3.05, 3.63) is 35.9 Å². The van der Waals surface area contributed by atoms with Gasteiger partial charge in [0, 0.05) is 0 Å². The summed E-state index contributed by atoms with van der Waals surface area (Å²) in [5.41, 5.74) is 0.916. The predicted octanol–water partition coefficient (Wildman–Crippen LogP) is 1.64. The minimum Gasteiger partial charge on any atom is -0.475 e. The summed E-state index contributed by atoms with van der Waals surface area (Å²) < 4.78 is 5.27. The predicted molar refractivity (Wildman–Crippen MR) is 58.0 cm³/mol. The van der Waals surface area contributed by atoms with Gasteiger partial charge in [-0.05, 0) is 12.0 Å². The number of rotatable bonds is 6. The molecule has 16 heavy (non-hydrogen) atoms. The van der Waals surface area contributed by atoms with Crippen molar-refractivity contribution in [1.29, 1.82) is 0 Å². The standard InChI is InChI=1S/C12H14O4/c1-2-10(11(13)12(14)15)16-8-9-6-4-3-5-7-9/h3-7,10H,2,8H2,1H3,(H,14,15). The molecule has 0 heterocycles. The summed E-state index contributed by atoms with van der Waals surface area (Å²) in [5, 5.41) is 8.55. The maximum atomic E-state index is 11.2. The van der Waals surface area contributed by atoms with Gasteiger partial charge in [0.1, 0.15) is 6.10 Å². The number of carbonyl (C=O) groups is 2. The van der Waals surface area contributed by atoms with Crippen LogP contribution in [-0.2, 0) is 20.9 Å². The maximum absolute atomic E-state index is 11.2. The lowest BCUT2D eigenvalue weighted by atomic mass is 10.2. The van der Waals surface area contributed by atoms with Crippen LogP contribution >= 0.6 is 0 Å². The zero-order valence-corrected chi connectivity index (χ0v) is 9.05. The molecule has 4 nitrogen and oxygen atoms in total. The van der Waals surface area contributed by atoms with E-state index in [-0.39, 0.29) is 6.61 Å². The molecular formula is C12H14O4. The summed E-state index contributed by atoms with van der Waals surface area (Å²) in [4.78, 5) is 21.7. The topological polar surface area (TPSA) is 63.6 Å². The number of hydrogen-bond donors (Lipinski definition) is 1. The summed E-state index contributed by atoms with van der Waals surface area (Å²) in [6, 6.07) is 9.32. The molecular weight excluding hydrogens is 208 g/mol. The minimum absolute atomic E-state index is 0.248. The normalized spacial score (nSPS) is 12.1. The molecule has 1 rings (SSSR count). The number of carboxylic acids is 1. The Morgan fingerprint density at radius 3 is 2.44 bits per heavy atom. The molecule has 0 amide bonds. The van der Waals surface area contributed by atoms with Crippen molar-refractivity contribution >= 4 is 11.8 Å². The number of carbonyl (C=O) groups excluding carboxylic acids is 1. The van der Waals surface area contributed by atoms with E-state index in [1.54, 1.807) is 6.92 Å². The maximum Gasteiger partial charge on any atom is 0.375 e. The molecule has 0 saturated heterocycles. The Labute approximate surface area is 93.9 Å². The van der Waals surface area contributed by atoms with Crippen LogP contribution in [0, 0.1) is 0 Å². The smallest absolute Gasteiger partial charge is 0.375 e. The molecule has 0 radical (unpaired) electrons. The Morgan fingerprint density at radius 1 is 1.31 bits per heavy atom. The number of aliphatic carboxylic acids is 1. The summed E-state index contributed by atoms with van der Waals surface area (Å²) in [6.07, 6.45) is -0.504. The van der Waals surface area contributed by atoms with Gasteiger partial charge in [-0.2, -0.15) is 0 Å². The molecule has 1 aromatic carbocycles. The first kappa shape index (κ1) is 12.4. The number of Topliss-reactive ketones (excluding diaryl/α,β-unsaturated/α-hetero) is 1. The van der Waals surface area contributed by atoms with Crippen molar-refractivity contribution in [2.75, 3.05) is 0 Å². The fourth-order valence-corrected chi connectivity index (χ4v) is 1.29. The van der Waals surface area contributed by atoms with Crippen LogP contribution in [0.2, 0.25) is 0 Å². The fourth-order valence-electron chi connectivity index (χ4n) is 1.29. The van der Waals surface area contributed by atoms with Crippen LogP contribution in [0.3, 0.4) is 0 Å². The molecule has 1 N–H and O–H groups in total. The third-order valence-electron chi connectivity index (χ3n) is 2.17. The lowest BCUT2D eigenvalue weighted by Crippen LogP contribution is -2.30. The Morgan fingerprint density at radius 2 is 1.94 bits per heavy atom. The van der Waals surface area contributed by atoms with Gasteiger partial charge in [-0.1, -0.05) is 37.3 Å². The lowest BCUT2D eigenvalue weighted by molar-refractivity contribution is -0.155. The van der Waals surface area contributed by atoms with E-state index in [0.717, 1.165) is 5.56 Å². The highest BCUT2D eigenvalue weighted by atomic mass is 16.5. The summed E-state index contributed by atoms with van der Waals surface area (Å²) in [7, 11) is 0. The molecule has 0 fully saturated rings. The van der Waals surface area contributed by atoms with E-state index in [9.17, 15) is 9.59 Å². The van der Waals surface area contributed by atoms with Crippen molar-refractivity contribution in [2.45, 2.75) is 26.1 Å². The first-order valence-electron chi connectivity index (χ1n) is 5.07. The Balaban J connectivity index is 2.52. The van der Waals surface area contributed by atoms with Crippen molar-refractivity contribution < 1.29 is 19.4 Å². The van der Waals surface area contributed by atoms with Gasteiger partial charge < -0.3 is 9.84 Å². The summed E-state index contributed by atoms with van der Waals surface area (Å²) in [5.74, 6) is -2.33. The van der Waals surface area contributed by atoms with Crippen LogP contribution < -0.4 is 0 Å². The van der Waals surface area contributed by atoms with Crippen molar-refractivity contribution in [1.82, 2.24) is 0 Å². The van der Waals surface area contributed by atoms with Gasteiger partial charge in [-0.15, -0.1) is 0 Å². The van der Waals surface area contributed by atoms with Gasteiger partial charge >= 0.3 is 5.97 Å². The molecule has 0 aromatic heterocycles. The second-order valence-corrected chi connectivity index (χ2v) is 3.36. The molecule has 1 unspecified atom stereocenters. The molecule has 0 aliphatic carbocycles. The molecule has 0 bridgehead atoms. The summed E-state index contributed by atoms with van der Waals surface area (Å²) >= 11 is 0. The van der Waals surface area contributed by atoms with Crippen LogP contribution in [0.1, 0.15) is 18.9 Å². The average Bonchev–Trinajstić information content (AvgIpc) is 2.30. The molecule has 0 spiro atoms. The zero-order chi connectivity index (χ0) is 12.0. The number of ether oxygens (including phenoxy) is 1. The molecule has 4 heteroatoms. The van der Waals surface area contributed by atoms with E-state index < -0.39 is 17.9 Å². The van der Waals surface area contributed by atoms with Gasteiger partial charge in [0.05, 0.1) is 6.61 Å². The highest BCUT2D eigenvalue weighted by Gasteiger charge is 2.23. The number of hydrogen-bond acceptors (Lipinski definition) is 3. The fraction of sp³-hybridized carbons (Fsp3) is 0.333. The van der Waals surface area contributed by atoms with E-state index >= 15 is 0 Å². The first-order chi connectivity index (χ1) is 7.65. The Bertz CT molecular complexity index is 359. The van der Waals surface area contributed by atoms with E-state index in [4.69, 9.17) is 9.84 Å². The quantitative estimate of drug-likeness (QED) is 0.743. The third kappa shape index (κ3) is 3.47. The second kappa shape index (κ2) is 6.02. The number of benzene rings is 1. The lowest BCUT2D eigenvalue weighted by Gasteiger charge is -2.12. The van der Waals surface area contributed by atoms with Crippen LogP contribution in [0.5, 0.6) is 0 Å². The van der Waals surface area contributed by atoms with E-state index in [1.807, 2.05) is 30.3 Å². The third-order valence-corrected chi connectivity index (χ3v) is 2.17. The van der Waals surface area contributed by atoms with E-state index in [1.165, 1.54) is 0 Å². The van der Waals surface area contributed by atoms with Gasteiger partial charge in [-0.25, -0.2) is 4.79 Å². The average molecular weight is 222 g/mol. The molecule has 86 valence electrons. The molecule has 1 atom stereocenters. The van der Waals surface area contributed by atoms with Crippen LogP contribution in [-0.4, -0.2) is 23.0 Å². The molecule has 1 aromatic rings. The number of ketones is 1. The van der Waals surface area contributed by atoms with Crippen molar-refractivity contribution in [3.8, 4) is 0 Å². The zero-order valence-electron chi connectivity index (χ0n) is 9.05. The summed E-state index contributed by atoms with van der Waals surface area (Å²) in [6.45, 7) is 1.97. The van der Waals surface area contributed by atoms with Gasteiger partial charge in [0.2, 0.25) is 0 Å². The van der Waals surface area contributed by atoms with Crippen LogP contribution in [0.25, 0.3) is 0 Å². The Kier molecular flexibility index (Phi) is 4.66. The van der Waals surface area contributed by atoms with Gasteiger partial charge in [0.15, 0.2) is 0 Å². The number of carboxylic acid groups (broad SMARTS) is 1. The van der Waals surface area contributed by atoms with Crippen molar-refractivity contribution in [3.63, 3.8) is 0 Å². The minimum atomic E-state index is -1.44. The SMILES string of the molecule is CCC(OCc1ccccc1)C(=O)C(=O)O. The molecule has 0 saturated carbocycles. The Hall–Kier alpha value is -1.68. The highest BCUT2D eigenvalue weighted by molar-refractivity contribution is 6.34. The molecule has 0 aliphatic rings.